The Morgan fingerprint density at radius 2 is 2.04 bits per heavy atom. The molecule has 3 aromatic rings. The third-order valence-corrected chi connectivity index (χ3v) is 4.54. The first-order valence-corrected chi connectivity index (χ1v) is 8.63. The van der Waals surface area contributed by atoms with Gasteiger partial charge < -0.3 is 10.2 Å². The van der Waals surface area contributed by atoms with Crippen LogP contribution in [0.3, 0.4) is 0 Å². The maximum Gasteiger partial charge on any atom is 0.266 e. The molecule has 1 amide bonds. The molecule has 0 aliphatic rings. The number of amides is 1. The molecule has 0 spiro atoms. The van der Waals surface area contributed by atoms with E-state index in [1.165, 1.54) is 11.3 Å². The van der Waals surface area contributed by atoms with Crippen LogP contribution < -0.4 is 5.32 Å². The largest absolute Gasteiger partial charge is 0.319 e. The predicted octanol–water partition coefficient (Wildman–Crippen LogP) is 3.43. The van der Waals surface area contributed by atoms with Crippen molar-refractivity contribution in [2.45, 2.75) is 6.54 Å². The lowest BCUT2D eigenvalue weighted by atomic mass is 10.1. The summed E-state index contributed by atoms with van der Waals surface area (Å²) in [5.74, 6) is -0.101. The van der Waals surface area contributed by atoms with Crippen LogP contribution in [-0.2, 0) is 6.54 Å². The normalized spacial score (nSPS) is 11.0. The third-order valence-electron chi connectivity index (χ3n) is 3.62. The van der Waals surface area contributed by atoms with Crippen LogP contribution >= 0.6 is 11.3 Å². The highest BCUT2D eigenvalue weighted by Gasteiger charge is 2.15. The van der Waals surface area contributed by atoms with Crippen molar-refractivity contribution in [2.75, 3.05) is 26.0 Å². The minimum absolute atomic E-state index is 0.101. The zero-order valence-electron chi connectivity index (χ0n) is 13.8. The Hall–Kier alpha value is -2.44. The van der Waals surface area contributed by atoms with E-state index in [2.05, 4.69) is 15.3 Å². The molecule has 0 bridgehead atoms. The van der Waals surface area contributed by atoms with Crippen molar-refractivity contribution in [1.82, 2.24) is 14.7 Å². The zero-order chi connectivity index (χ0) is 16.9. The van der Waals surface area contributed by atoms with Crippen LogP contribution in [0.2, 0.25) is 0 Å². The highest BCUT2D eigenvalue weighted by Crippen LogP contribution is 2.28. The van der Waals surface area contributed by atoms with Gasteiger partial charge in [0.25, 0.3) is 5.91 Å². The van der Waals surface area contributed by atoms with Crippen molar-refractivity contribution in [2.24, 2.45) is 0 Å². The van der Waals surface area contributed by atoms with Gasteiger partial charge >= 0.3 is 0 Å². The van der Waals surface area contributed by atoms with Gasteiger partial charge in [0, 0.05) is 18.3 Å². The second-order valence-electron chi connectivity index (χ2n) is 5.78. The number of nitrogens with one attached hydrogen (secondary N) is 1. The van der Waals surface area contributed by atoms with Crippen LogP contribution in [0.15, 0.2) is 54.2 Å². The summed E-state index contributed by atoms with van der Waals surface area (Å²) in [6.07, 6.45) is 3.54. The molecule has 24 heavy (non-hydrogen) atoms. The summed E-state index contributed by atoms with van der Waals surface area (Å²) >= 11 is 1.45. The maximum atomic E-state index is 12.6. The van der Waals surface area contributed by atoms with Crippen molar-refractivity contribution >= 4 is 22.9 Å². The molecule has 6 heteroatoms. The topological polar surface area (TPSA) is 50.2 Å². The van der Waals surface area contributed by atoms with E-state index >= 15 is 0 Å². The van der Waals surface area contributed by atoms with Crippen LogP contribution in [0.5, 0.6) is 0 Å². The summed E-state index contributed by atoms with van der Waals surface area (Å²) in [5, 5.41) is 9.16. The average molecular weight is 340 g/mol. The van der Waals surface area contributed by atoms with Gasteiger partial charge in [-0.1, -0.05) is 30.3 Å². The molecule has 0 saturated heterocycles. The van der Waals surface area contributed by atoms with Crippen LogP contribution in [-0.4, -0.2) is 41.2 Å². The SMILES string of the molecule is CN(C)CCn1cc(NC(=O)c2sccc2-c2ccccc2)cn1. The third kappa shape index (κ3) is 3.90. The Morgan fingerprint density at radius 3 is 2.79 bits per heavy atom. The molecule has 0 saturated carbocycles. The van der Waals surface area contributed by atoms with Crippen molar-refractivity contribution in [3.05, 3.63) is 59.0 Å². The van der Waals surface area contributed by atoms with Gasteiger partial charge in [0.15, 0.2) is 0 Å². The summed E-state index contributed by atoms with van der Waals surface area (Å²) in [6, 6.07) is 11.9. The van der Waals surface area contributed by atoms with Gasteiger partial charge in [-0.15, -0.1) is 11.3 Å². The molecule has 124 valence electrons. The van der Waals surface area contributed by atoms with Crippen LogP contribution in [0.4, 0.5) is 5.69 Å². The fraction of sp³-hybridized carbons (Fsp3) is 0.222. The van der Waals surface area contributed by atoms with E-state index in [-0.39, 0.29) is 5.91 Å². The molecule has 0 fully saturated rings. The molecule has 3 rings (SSSR count). The van der Waals surface area contributed by atoms with E-state index in [0.29, 0.717) is 10.6 Å². The molecule has 2 aromatic heterocycles. The quantitative estimate of drug-likeness (QED) is 0.748. The van der Waals surface area contributed by atoms with E-state index in [1.807, 2.05) is 66.8 Å². The van der Waals surface area contributed by atoms with Gasteiger partial charge in [0.2, 0.25) is 0 Å². The van der Waals surface area contributed by atoms with Crippen LogP contribution in [0.1, 0.15) is 9.67 Å². The summed E-state index contributed by atoms with van der Waals surface area (Å²) < 4.78 is 1.84. The summed E-state index contributed by atoms with van der Waals surface area (Å²) in [4.78, 5) is 15.4. The van der Waals surface area contributed by atoms with Gasteiger partial charge in [-0.3, -0.25) is 9.48 Å². The van der Waals surface area contributed by atoms with E-state index in [9.17, 15) is 4.79 Å². The minimum atomic E-state index is -0.101. The van der Waals surface area contributed by atoms with Crippen molar-refractivity contribution in [3.63, 3.8) is 0 Å². The lowest BCUT2D eigenvalue weighted by molar-refractivity contribution is 0.103. The Kier molecular flexibility index (Phi) is 5.08. The van der Waals surface area contributed by atoms with E-state index in [0.717, 1.165) is 24.2 Å². The summed E-state index contributed by atoms with van der Waals surface area (Å²) in [7, 11) is 4.04. The Labute approximate surface area is 145 Å². The van der Waals surface area contributed by atoms with Crippen molar-refractivity contribution < 1.29 is 4.79 Å². The number of hydrogen-bond acceptors (Lipinski definition) is 4. The fourth-order valence-electron chi connectivity index (χ4n) is 2.37. The Bertz CT molecular complexity index is 807. The molecule has 5 nitrogen and oxygen atoms in total. The van der Waals surface area contributed by atoms with E-state index in [4.69, 9.17) is 0 Å². The fourth-order valence-corrected chi connectivity index (χ4v) is 3.18. The van der Waals surface area contributed by atoms with Crippen LogP contribution in [0.25, 0.3) is 11.1 Å². The van der Waals surface area contributed by atoms with Gasteiger partial charge in [-0.2, -0.15) is 5.10 Å². The van der Waals surface area contributed by atoms with Gasteiger partial charge in [0.05, 0.1) is 23.3 Å². The van der Waals surface area contributed by atoms with Gasteiger partial charge in [-0.25, -0.2) is 0 Å². The van der Waals surface area contributed by atoms with Gasteiger partial charge in [0.1, 0.15) is 0 Å². The number of likely N-dealkylation sites (N-methyl/N-ethyl adjacent to an activating group) is 1. The second kappa shape index (κ2) is 7.42. The number of anilines is 1. The number of rotatable bonds is 6. The average Bonchev–Trinajstić information content (AvgIpc) is 3.23. The number of thiophene rings is 1. The zero-order valence-corrected chi connectivity index (χ0v) is 14.6. The van der Waals surface area contributed by atoms with E-state index < -0.39 is 0 Å². The molecule has 1 N–H and O–H groups in total. The first kappa shape index (κ1) is 16.4. The standard InChI is InChI=1S/C18H20N4OS/c1-21(2)9-10-22-13-15(12-19-22)20-18(23)17-16(8-11-24-17)14-6-4-3-5-7-14/h3-8,11-13H,9-10H2,1-2H3,(H,20,23). The first-order chi connectivity index (χ1) is 11.6. The number of hydrogen-bond donors (Lipinski definition) is 1. The number of carbonyl (C=O) groups excluding carboxylic acids is 1. The maximum absolute atomic E-state index is 12.6. The predicted molar refractivity (Wildman–Crippen MR) is 98.5 cm³/mol. The molecular formula is C18H20N4OS. The van der Waals surface area contributed by atoms with Gasteiger partial charge in [-0.05, 0) is 31.1 Å². The number of nitrogens with zero attached hydrogens (tertiary/aromatic N) is 3. The monoisotopic (exact) mass is 340 g/mol. The molecule has 1 aromatic carbocycles. The Morgan fingerprint density at radius 1 is 1.25 bits per heavy atom. The Balaban J connectivity index is 1.71. The highest BCUT2D eigenvalue weighted by molar-refractivity contribution is 7.12. The first-order valence-electron chi connectivity index (χ1n) is 7.75. The molecule has 0 aliphatic heterocycles. The smallest absolute Gasteiger partial charge is 0.266 e. The van der Waals surface area contributed by atoms with E-state index in [1.54, 1.807) is 6.20 Å². The molecule has 2 heterocycles. The second-order valence-corrected chi connectivity index (χ2v) is 6.70. The number of carbonyl (C=O) groups is 1. The number of benzene rings is 1. The molecule has 0 aliphatic carbocycles. The summed E-state index contributed by atoms with van der Waals surface area (Å²) in [5.41, 5.74) is 2.72. The number of aromatic nitrogens is 2. The highest BCUT2D eigenvalue weighted by atomic mass is 32.1. The lowest BCUT2D eigenvalue weighted by Crippen LogP contribution is -2.18. The molecular weight excluding hydrogens is 320 g/mol. The molecule has 0 unspecified atom stereocenters. The molecule has 0 atom stereocenters. The minimum Gasteiger partial charge on any atom is -0.319 e. The summed E-state index contributed by atoms with van der Waals surface area (Å²) in [6.45, 7) is 1.69. The lowest BCUT2D eigenvalue weighted by Gasteiger charge is -2.08. The van der Waals surface area contributed by atoms with Crippen LogP contribution in [0, 0.1) is 0 Å². The van der Waals surface area contributed by atoms with Crippen molar-refractivity contribution in [3.8, 4) is 11.1 Å². The molecule has 0 radical (unpaired) electrons. The van der Waals surface area contributed by atoms with Crippen molar-refractivity contribution in [1.29, 1.82) is 0 Å².